The zero-order chi connectivity index (χ0) is 13.3. The first kappa shape index (κ1) is 12.4. The van der Waals surface area contributed by atoms with Gasteiger partial charge in [0.15, 0.2) is 0 Å². The van der Waals surface area contributed by atoms with Crippen LogP contribution in [0.15, 0.2) is 24.3 Å². The Morgan fingerprint density at radius 1 is 1.11 bits per heavy atom. The van der Waals surface area contributed by atoms with Crippen molar-refractivity contribution in [2.24, 2.45) is 0 Å². The SMILES string of the molecule is COc1ccc(O)c(-c2cc(C)c(C)c(C)n2)c1. The lowest BCUT2D eigenvalue weighted by atomic mass is 10.0. The molecule has 2 rings (SSSR count). The van der Waals surface area contributed by atoms with Crippen LogP contribution in [0.3, 0.4) is 0 Å². The highest BCUT2D eigenvalue weighted by Crippen LogP contribution is 2.32. The second-order valence-electron chi connectivity index (χ2n) is 4.42. The van der Waals surface area contributed by atoms with Crippen LogP contribution in [0.2, 0.25) is 0 Å². The Morgan fingerprint density at radius 2 is 1.83 bits per heavy atom. The Morgan fingerprint density at radius 3 is 2.44 bits per heavy atom. The molecule has 0 spiro atoms. The lowest BCUT2D eigenvalue weighted by Crippen LogP contribution is -1.95. The van der Waals surface area contributed by atoms with Crippen LogP contribution in [0.4, 0.5) is 0 Å². The summed E-state index contributed by atoms with van der Waals surface area (Å²) < 4.78 is 5.18. The molecule has 0 unspecified atom stereocenters. The predicted molar refractivity (Wildman–Crippen MR) is 72.1 cm³/mol. The molecule has 0 amide bonds. The normalized spacial score (nSPS) is 10.4. The van der Waals surface area contributed by atoms with Gasteiger partial charge in [-0.05, 0) is 56.2 Å². The molecule has 94 valence electrons. The minimum Gasteiger partial charge on any atom is -0.507 e. The number of phenols is 1. The largest absolute Gasteiger partial charge is 0.507 e. The summed E-state index contributed by atoms with van der Waals surface area (Å²) in [7, 11) is 1.61. The summed E-state index contributed by atoms with van der Waals surface area (Å²) >= 11 is 0. The van der Waals surface area contributed by atoms with Crippen molar-refractivity contribution in [3.63, 3.8) is 0 Å². The molecule has 0 aliphatic heterocycles. The van der Waals surface area contributed by atoms with Crippen LogP contribution in [-0.2, 0) is 0 Å². The van der Waals surface area contributed by atoms with E-state index in [4.69, 9.17) is 4.74 Å². The van der Waals surface area contributed by atoms with E-state index in [1.807, 2.05) is 26.8 Å². The summed E-state index contributed by atoms with van der Waals surface area (Å²) in [5.74, 6) is 0.923. The summed E-state index contributed by atoms with van der Waals surface area (Å²) in [5.41, 5.74) is 4.79. The van der Waals surface area contributed by atoms with E-state index >= 15 is 0 Å². The van der Waals surface area contributed by atoms with Crippen molar-refractivity contribution >= 4 is 0 Å². The number of aromatic hydroxyl groups is 1. The highest BCUT2D eigenvalue weighted by molar-refractivity contribution is 5.69. The van der Waals surface area contributed by atoms with Crippen molar-refractivity contribution in [1.82, 2.24) is 4.98 Å². The van der Waals surface area contributed by atoms with Crippen molar-refractivity contribution < 1.29 is 9.84 Å². The number of phenolic OH excluding ortho intramolecular Hbond substituents is 1. The predicted octanol–water partition coefficient (Wildman–Crippen LogP) is 3.39. The van der Waals surface area contributed by atoms with Crippen molar-refractivity contribution in [3.05, 3.63) is 41.1 Å². The lowest BCUT2D eigenvalue weighted by Gasteiger charge is -2.10. The highest BCUT2D eigenvalue weighted by Gasteiger charge is 2.10. The van der Waals surface area contributed by atoms with Crippen LogP contribution in [0.25, 0.3) is 11.3 Å². The van der Waals surface area contributed by atoms with Crippen LogP contribution in [0.5, 0.6) is 11.5 Å². The molecule has 0 saturated heterocycles. The average Bonchev–Trinajstić information content (AvgIpc) is 2.36. The Balaban J connectivity index is 2.61. The van der Waals surface area contributed by atoms with E-state index in [0.717, 1.165) is 11.4 Å². The fraction of sp³-hybridized carbons (Fsp3) is 0.267. The monoisotopic (exact) mass is 243 g/mol. The zero-order valence-corrected chi connectivity index (χ0v) is 11.1. The molecule has 0 bridgehead atoms. The lowest BCUT2D eigenvalue weighted by molar-refractivity contribution is 0.412. The third-order valence-electron chi connectivity index (χ3n) is 3.26. The molecule has 3 nitrogen and oxygen atoms in total. The number of rotatable bonds is 2. The van der Waals surface area contributed by atoms with Gasteiger partial charge >= 0.3 is 0 Å². The van der Waals surface area contributed by atoms with Gasteiger partial charge in [0.2, 0.25) is 0 Å². The molecule has 0 saturated carbocycles. The number of aromatic nitrogens is 1. The van der Waals surface area contributed by atoms with Crippen LogP contribution >= 0.6 is 0 Å². The van der Waals surface area contributed by atoms with Gasteiger partial charge in [-0.15, -0.1) is 0 Å². The summed E-state index contributed by atoms with van der Waals surface area (Å²) in [6.45, 7) is 6.07. The first-order chi connectivity index (χ1) is 8.52. The Hall–Kier alpha value is -2.03. The van der Waals surface area contributed by atoms with E-state index in [1.54, 1.807) is 25.3 Å². The summed E-state index contributed by atoms with van der Waals surface area (Å²) in [6, 6.07) is 7.13. The molecule has 0 fully saturated rings. The standard InChI is InChI=1S/C15H17NO2/c1-9-7-14(16-11(3)10(9)2)13-8-12(18-4)5-6-15(13)17/h5-8,17H,1-4H3. The van der Waals surface area contributed by atoms with Gasteiger partial charge in [-0.2, -0.15) is 0 Å². The quantitative estimate of drug-likeness (QED) is 0.879. The van der Waals surface area contributed by atoms with Crippen LogP contribution in [-0.4, -0.2) is 17.2 Å². The molecule has 1 aromatic heterocycles. The van der Waals surface area contributed by atoms with Gasteiger partial charge < -0.3 is 9.84 Å². The molecule has 0 aliphatic rings. The maximum atomic E-state index is 9.94. The Kier molecular flexibility index (Phi) is 3.24. The van der Waals surface area contributed by atoms with E-state index in [-0.39, 0.29) is 5.75 Å². The summed E-state index contributed by atoms with van der Waals surface area (Å²) in [5, 5.41) is 9.94. The number of nitrogens with zero attached hydrogens (tertiary/aromatic N) is 1. The van der Waals surface area contributed by atoms with E-state index < -0.39 is 0 Å². The molecule has 0 radical (unpaired) electrons. The molecule has 0 aliphatic carbocycles. The number of benzene rings is 1. The molecule has 3 heteroatoms. The van der Waals surface area contributed by atoms with E-state index in [9.17, 15) is 5.11 Å². The van der Waals surface area contributed by atoms with Gasteiger partial charge in [0.1, 0.15) is 11.5 Å². The second kappa shape index (κ2) is 4.69. The van der Waals surface area contributed by atoms with Crippen molar-refractivity contribution in [3.8, 4) is 22.8 Å². The minimum absolute atomic E-state index is 0.214. The van der Waals surface area contributed by atoms with Crippen molar-refractivity contribution in [2.45, 2.75) is 20.8 Å². The van der Waals surface area contributed by atoms with Gasteiger partial charge in [-0.3, -0.25) is 4.98 Å². The fourth-order valence-corrected chi connectivity index (χ4v) is 1.88. The first-order valence-electron chi connectivity index (χ1n) is 5.85. The van der Waals surface area contributed by atoms with Gasteiger partial charge in [-0.25, -0.2) is 0 Å². The number of methoxy groups -OCH3 is 1. The third-order valence-corrected chi connectivity index (χ3v) is 3.26. The van der Waals surface area contributed by atoms with E-state index in [2.05, 4.69) is 4.98 Å². The average molecular weight is 243 g/mol. The molecular weight excluding hydrogens is 226 g/mol. The van der Waals surface area contributed by atoms with Crippen LogP contribution in [0, 0.1) is 20.8 Å². The highest BCUT2D eigenvalue weighted by atomic mass is 16.5. The Labute approximate surface area is 107 Å². The number of hydrogen-bond donors (Lipinski definition) is 1. The zero-order valence-electron chi connectivity index (χ0n) is 11.1. The third kappa shape index (κ3) is 2.16. The molecule has 2 aromatic rings. The van der Waals surface area contributed by atoms with Gasteiger partial charge in [-0.1, -0.05) is 0 Å². The second-order valence-corrected chi connectivity index (χ2v) is 4.42. The van der Waals surface area contributed by atoms with Crippen molar-refractivity contribution in [2.75, 3.05) is 7.11 Å². The van der Waals surface area contributed by atoms with Crippen LogP contribution in [0.1, 0.15) is 16.8 Å². The van der Waals surface area contributed by atoms with Crippen molar-refractivity contribution in [1.29, 1.82) is 0 Å². The number of aryl methyl sites for hydroxylation is 2. The number of pyridine rings is 1. The molecule has 1 N–H and O–H groups in total. The van der Waals surface area contributed by atoms with Gasteiger partial charge in [0.05, 0.1) is 12.8 Å². The smallest absolute Gasteiger partial charge is 0.125 e. The maximum Gasteiger partial charge on any atom is 0.125 e. The molecule has 0 atom stereocenters. The molecule has 1 heterocycles. The molecular formula is C15H17NO2. The van der Waals surface area contributed by atoms with Crippen LogP contribution < -0.4 is 4.74 Å². The minimum atomic E-state index is 0.214. The molecule has 1 aromatic carbocycles. The van der Waals surface area contributed by atoms with E-state index in [0.29, 0.717) is 11.3 Å². The first-order valence-corrected chi connectivity index (χ1v) is 5.85. The number of hydrogen-bond acceptors (Lipinski definition) is 3. The molecule has 18 heavy (non-hydrogen) atoms. The fourth-order valence-electron chi connectivity index (χ4n) is 1.88. The number of ether oxygens (including phenoxy) is 1. The Bertz CT molecular complexity index is 568. The van der Waals surface area contributed by atoms with E-state index in [1.165, 1.54) is 11.1 Å². The summed E-state index contributed by atoms with van der Waals surface area (Å²) in [6.07, 6.45) is 0. The van der Waals surface area contributed by atoms with Gasteiger partial charge in [0, 0.05) is 11.3 Å². The topological polar surface area (TPSA) is 42.4 Å². The van der Waals surface area contributed by atoms with Gasteiger partial charge in [0.25, 0.3) is 0 Å². The maximum absolute atomic E-state index is 9.94. The summed E-state index contributed by atoms with van der Waals surface area (Å²) in [4.78, 5) is 4.52.